The zero-order chi connectivity index (χ0) is 11.0. The average molecular weight is 203 g/mol. The molecule has 0 spiro atoms. The number of hydrogen-bond acceptors (Lipinski definition) is 3. The second-order valence-electron chi connectivity index (χ2n) is 2.96. The molecule has 0 bridgehead atoms. The molecule has 0 saturated carbocycles. The van der Waals surface area contributed by atoms with Crippen molar-refractivity contribution in [3.8, 4) is 0 Å². The third kappa shape index (κ3) is 5.53. The molecular formula is C9H17NO4. The van der Waals surface area contributed by atoms with Crippen molar-refractivity contribution in [2.75, 3.05) is 13.7 Å². The van der Waals surface area contributed by atoms with Gasteiger partial charge in [-0.25, -0.2) is 4.79 Å². The van der Waals surface area contributed by atoms with Crippen LogP contribution in [0.3, 0.4) is 0 Å². The number of carboxylic acids is 1. The van der Waals surface area contributed by atoms with E-state index in [1.807, 2.05) is 0 Å². The van der Waals surface area contributed by atoms with Gasteiger partial charge in [0.15, 0.2) is 0 Å². The monoisotopic (exact) mass is 203 g/mol. The third-order valence-corrected chi connectivity index (χ3v) is 1.79. The maximum Gasteiger partial charge on any atom is 0.326 e. The molecule has 0 unspecified atom stereocenters. The fourth-order valence-electron chi connectivity index (χ4n) is 0.982. The van der Waals surface area contributed by atoms with Gasteiger partial charge in [-0.3, -0.25) is 4.79 Å². The van der Waals surface area contributed by atoms with Crippen LogP contribution in [0.1, 0.15) is 26.2 Å². The standard InChI is InChI=1S/C9H17NO4/c1-3-7(9(12)13)10-8(11)5-4-6-14-2/h7H,3-6H2,1-2H3,(H,10,11)(H,12,13)/t7-/m0/s1. The van der Waals surface area contributed by atoms with Crippen LogP contribution >= 0.6 is 0 Å². The summed E-state index contributed by atoms with van der Waals surface area (Å²) in [6.07, 6.45) is 1.31. The zero-order valence-electron chi connectivity index (χ0n) is 8.58. The minimum Gasteiger partial charge on any atom is -0.480 e. The van der Waals surface area contributed by atoms with E-state index in [0.29, 0.717) is 25.9 Å². The Hall–Kier alpha value is -1.10. The van der Waals surface area contributed by atoms with Gasteiger partial charge in [0.2, 0.25) is 5.91 Å². The molecule has 82 valence electrons. The number of rotatable bonds is 7. The molecular weight excluding hydrogens is 186 g/mol. The van der Waals surface area contributed by atoms with E-state index < -0.39 is 12.0 Å². The predicted octanol–water partition coefficient (Wildman–Crippen LogP) is 0.392. The van der Waals surface area contributed by atoms with Crippen LogP contribution in [-0.4, -0.2) is 36.7 Å². The van der Waals surface area contributed by atoms with Crippen LogP contribution in [0.4, 0.5) is 0 Å². The van der Waals surface area contributed by atoms with E-state index in [1.165, 1.54) is 0 Å². The Morgan fingerprint density at radius 3 is 2.57 bits per heavy atom. The van der Waals surface area contributed by atoms with Crippen molar-refractivity contribution in [2.24, 2.45) is 0 Å². The Morgan fingerprint density at radius 1 is 1.50 bits per heavy atom. The van der Waals surface area contributed by atoms with E-state index in [2.05, 4.69) is 5.32 Å². The molecule has 14 heavy (non-hydrogen) atoms. The molecule has 2 N–H and O–H groups in total. The fourth-order valence-corrected chi connectivity index (χ4v) is 0.982. The quantitative estimate of drug-likeness (QED) is 0.587. The van der Waals surface area contributed by atoms with Crippen molar-refractivity contribution in [2.45, 2.75) is 32.2 Å². The van der Waals surface area contributed by atoms with Crippen molar-refractivity contribution in [1.82, 2.24) is 5.32 Å². The van der Waals surface area contributed by atoms with Crippen molar-refractivity contribution >= 4 is 11.9 Å². The van der Waals surface area contributed by atoms with E-state index in [0.717, 1.165) is 0 Å². The second-order valence-corrected chi connectivity index (χ2v) is 2.96. The Kier molecular flexibility index (Phi) is 6.74. The smallest absolute Gasteiger partial charge is 0.326 e. The van der Waals surface area contributed by atoms with Gasteiger partial charge in [0.05, 0.1) is 0 Å². The molecule has 0 radical (unpaired) electrons. The summed E-state index contributed by atoms with van der Waals surface area (Å²) in [6.45, 7) is 2.23. The lowest BCUT2D eigenvalue weighted by Gasteiger charge is -2.11. The topological polar surface area (TPSA) is 75.6 Å². The molecule has 0 heterocycles. The van der Waals surface area contributed by atoms with E-state index in [4.69, 9.17) is 9.84 Å². The average Bonchev–Trinajstić information content (AvgIpc) is 2.14. The second kappa shape index (κ2) is 7.32. The molecule has 0 saturated heterocycles. The first-order valence-electron chi connectivity index (χ1n) is 4.63. The summed E-state index contributed by atoms with van der Waals surface area (Å²) in [5.41, 5.74) is 0. The molecule has 0 aromatic heterocycles. The zero-order valence-corrected chi connectivity index (χ0v) is 8.58. The molecule has 0 aliphatic heterocycles. The van der Waals surface area contributed by atoms with E-state index in [1.54, 1.807) is 14.0 Å². The lowest BCUT2D eigenvalue weighted by molar-refractivity contribution is -0.141. The van der Waals surface area contributed by atoms with Gasteiger partial charge in [0.1, 0.15) is 6.04 Å². The number of carbonyl (C=O) groups excluding carboxylic acids is 1. The van der Waals surface area contributed by atoms with Crippen LogP contribution in [0.15, 0.2) is 0 Å². The molecule has 0 aromatic rings. The summed E-state index contributed by atoms with van der Waals surface area (Å²) in [5.74, 6) is -1.23. The van der Waals surface area contributed by atoms with Crippen LogP contribution in [0, 0.1) is 0 Å². The predicted molar refractivity (Wildman–Crippen MR) is 51.0 cm³/mol. The van der Waals surface area contributed by atoms with Gasteiger partial charge in [0.25, 0.3) is 0 Å². The van der Waals surface area contributed by atoms with Gasteiger partial charge in [-0.15, -0.1) is 0 Å². The fraction of sp³-hybridized carbons (Fsp3) is 0.778. The van der Waals surface area contributed by atoms with Crippen molar-refractivity contribution in [1.29, 1.82) is 0 Å². The molecule has 0 fully saturated rings. The highest BCUT2D eigenvalue weighted by Crippen LogP contribution is 1.94. The Bertz CT molecular complexity index is 193. The summed E-state index contributed by atoms with van der Waals surface area (Å²) in [5, 5.41) is 11.1. The maximum atomic E-state index is 11.2. The number of carboxylic acid groups (broad SMARTS) is 1. The molecule has 0 aliphatic carbocycles. The van der Waals surface area contributed by atoms with Gasteiger partial charge in [0, 0.05) is 20.1 Å². The third-order valence-electron chi connectivity index (χ3n) is 1.79. The number of carbonyl (C=O) groups is 2. The number of aliphatic carboxylic acids is 1. The van der Waals surface area contributed by atoms with E-state index >= 15 is 0 Å². The number of nitrogens with one attached hydrogen (secondary N) is 1. The van der Waals surface area contributed by atoms with Crippen LogP contribution in [0.2, 0.25) is 0 Å². The number of methoxy groups -OCH3 is 1. The number of ether oxygens (including phenoxy) is 1. The summed E-state index contributed by atoms with van der Waals surface area (Å²) in [4.78, 5) is 21.7. The van der Waals surface area contributed by atoms with Gasteiger partial charge in [-0.2, -0.15) is 0 Å². The minimum atomic E-state index is -0.993. The normalized spacial score (nSPS) is 12.1. The number of amides is 1. The Balaban J connectivity index is 3.74. The summed E-state index contributed by atoms with van der Waals surface area (Å²) >= 11 is 0. The number of hydrogen-bond donors (Lipinski definition) is 2. The first kappa shape index (κ1) is 12.9. The highest BCUT2D eigenvalue weighted by atomic mass is 16.5. The van der Waals surface area contributed by atoms with Gasteiger partial charge >= 0.3 is 5.97 Å². The largest absolute Gasteiger partial charge is 0.480 e. The molecule has 5 heteroatoms. The van der Waals surface area contributed by atoms with Gasteiger partial charge < -0.3 is 15.2 Å². The van der Waals surface area contributed by atoms with E-state index in [-0.39, 0.29) is 5.91 Å². The van der Waals surface area contributed by atoms with E-state index in [9.17, 15) is 9.59 Å². The first-order chi connectivity index (χ1) is 6.61. The summed E-state index contributed by atoms with van der Waals surface area (Å²) in [7, 11) is 1.56. The molecule has 0 aliphatic rings. The summed E-state index contributed by atoms with van der Waals surface area (Å²) in [6, 6.07) is -0.773. The Labute approximate surface area is 83.4 Å². The minimum absolute atomic E-state index is 0.240. The van der Waals surface area contributed by atoms with Gasteiger partial charge in [-0.1, -0.05) is 6.92 Å². The van der Waals surface area contributed by atoms with Crippen LogP contribution in [-0.2, 0) is 14.3 Å². The molecule has 1 atom stereocenters. The molecule has 5 nitrogen and oxygen atoms in total. The highest BCUT2D eigenvalue weighted by molar-refractivity contribution is 5.83. The van der Waals surface area contributed by atoms with Crippen LogP contribution in [0.5, 0.6) is 0 Å². The maximum absolute atomic E-state index is 11.2. The lowest BCUT2D eigenvalue weighted by atomic mass is 10.2. The SMILES string of the molecule is CC[C@H](NC(=O)CCCOC)C(=O)O. The van der Waals surface area contributed by atoms with Crippen molar-refractivity contribution in [3.05, 3.63) is 0 Å². The first-order valence-corrected chi connectivity index (χ1v) is 4.63. The van der Waals surface area contributed by atoms with Crippen LogP contribution in [0.25, 0.3) is 0 Å². The molecule has 0 rings (SSSR count). The lowest BCUT2D eigenvalue weighted by Crippen LogP contribution is -2.40. The van der Waals surface area contributed by atoms with Crippen LogP contribution < -0.4 is 5.32 Å². The summed E-state index contributed by atoms with van der Waals surface area (Å²) < 4.78 is 4.77. The van der Waals surface area contributed by atoms with Crippen molar-refractivity contribution in [3.63, 3.8) is 0 Å². The van der Waals surface area contributed by atoms with Crippen molar-refractivity contribution < 1.29 is 19.4 Å². The molecule has 0 aromatic carbocycles. The van der Waals surface area contributed by atoms with Gasteiger partial charge in [-0.05, 0) is 12.8 Å². The Morgan fingerprint density at radius 2 is 2.14 bits per heavy atom. The molecule has 1 amide bonds. The highest BCUT2D eigenvalue weighted by Gasteiger charge is 2.16.